The topological polar surface area (TPSA) is 75.1 Å². The minimum absolute atomic E-state index is 0.155. The number of aromatic carboxylic acids is 1. The lowest BCUT2D eigenvalue weighted by Gasteiger charge is -2.13. The molecular formula is C15H17N3O2. The summed E-state index contributed by atoms with van der Waals surface area (Å²) >= 11 is 0. The van der Waals surface area contributed by atoms with E-state index in [0.29, 0.717) is 17.3 Å². The number of carboxylic acid groups (broad SMARTS) is 1. The maximum absolute atomic E-state index is 11.1. The number of carbonyl (C=O) groups is 1. The molecule has 0 atom stereocenters. The largest absolute Gasteiger partial charge is 0.475 e. The molecule has 20 heavy (non-hydrogen) atoms. The Labute approximate surface area is 117 Å². The molecule has 0 spiro atoms. The average Bonchev–Trinajstić information content (AvgIpc) is 2.97. The second kappa shape index (κ2) is 5.45. The Morgan fingerprint density at radius 2 is 2.00 bits per heavy atom. The molecule has 2 aromatic rings. The minimum atomic E-state index is -1.10. The summed E-state index contributed by atoms with van der Waals surface area (Å²) in [4.78, 5) is 19.3. The van der Waals surface area contributed by atoms with Crippen molar-refractivity contribution in [2.75, 3.05) is 11.9 Å². The second-order valence-electron chi connectivity index (χ2n) is 5.25. The van der Waals surface area contributed by atoms with E-state index in [9.17, 15) is 4.79 Å². The zero-order valence-electron chi connectivity index (χ0n) is 11.2. The van der Waals surface area contributed by atoms with Crippen molar-refractivity contribution >= 4 is 22.7 Å². The highest BCUT2D eigenvalue weighted by Gasteiger charge is 2.17. The normalized spacial score (nSPS) is 15.6. The van der Waals surface area contributed by atoms with Gasteiger partial charge in [-0.2, -0.15) is 0 Å². The summed E-state index contributed by atoms with van der Waals surface area (Å²) in [5.74, 6) is 0.0363. The van der Waals surface area contributed by atoms with Gasteiger partial charge in [0.15, 0.2) is 0 Å². The van der Waals surface area contributed by atoms with Crippen LogP contribution in [-0.4, -0.2) is 27.6 Å². The van der Waals surface area contributed by atoms with Crippen LogP contribution in [0.5, 0.6) is 0 Å². The van der Waals surface area contributed by atoms with Gasteiger partial charge in [-0.15, -0.1) is 0 Å². The molecule has 3 rings (SSSR count). The molecule has 104 valence electrons. The molecule has 1 heterocycles. The molecule has 5 nitrogen and oxygen atoms in total. The van der Waals surface area contributed by atoms with Crippen LogP contribution in [0.4, 0.5) is 5.82 Å². The van der Waals surface area contributed by atoms with Gasteiger partial charge in [0, 0.05) is 11.9 Å². The number of nitrogens with zero attached hydrogens (tertiary/aromatic N) is 2. The quantitative estimate of drug-likeness (QED) is 0.894. The lowest BCUT2D eigenvalue weighted by atomic mass is 10.1. The Balaban J connectivity index is 1.92. The second-order valence-corrected chi connectivity index (χ2v) is 5.25. The predicted octanol–water partition coefficient (Wildman–Crippen LogP) is 2.93. The maximum Gasteiger partial charge on any atom is 0.374 e. The molecule has 0 aliphatic heterocycles. The fourth-order valence-electron chi connectivity index (χ4n) is 2.76. The zero-order valence-corrected chi connectivity index (χ0v) is 11.2. The monoisotopic (exact) mass is 271 g/mol. The highest BCUT2D eigenvalue weighted by atomic mass is 16.4. The standard InChI is InChI=1S/C15H17N3O2/c19-15(20)14-17-12-8-4-3-7-11(12)13(18-14)16-9-10-5-1-2-6-10/h3-4,7-8,10H,1-2,5-6,9H2,(H,19,20)(H,16,17,18). The number of anilines is 1. The molecule has 0 unspecified atom stereocenters. The number of hydrogen-bond donors (Lipinski definition) is 2. The number of aromatic nitrogens is 2. The van der Waals surface area contributed by atoms with Crippen molar-refractivity contribution in [1.29, 1.82) is 0 Å². The first-order valence-electron chi connectivity index (χ1n) is 6.98. The first-order valence-corrected chi connectivity index (χ1v) is 6.98. The summed E-state index contributed by atoms with van der Waals surface area (Å²) in [7, 11) is 0. The maximum atomic E-state index is 11.1. The van der Waals surface area contributed by atoms with Crippen molar-refractivity contribution in [3.63, 3.8) is 0 Å². The van der Waals surface area contributed by atoms with Gasteiger partial charge in [-0.1, -0.05) is 25.0 Å². The SMILES string of the molecule is O=C(O)c1nc(NCC2CCCC2)c2ccccc2n1. The van der Waals surface area contributed by atoms with Gasteiger partial charge in [0.2, 0.25) is 5.82 Å². The molecule has 1 aliphatic rings. The first kappa shape index (κ1) is 12.8. The Morgan fingerprint density at radius 3 is 2.75 bits per heavy atom. The average molecular weight is 271 g/mol. The van der Waals surface area contributed by atoms with E-state index in [4.69, 9.17) is 5.11 Å². The first-order chi connectivity index (χ1) is 9.74. The highest BCUT2D eigenvalue weighted by molar-refractivity contribution is 5.93. The summed E-state index contributed by atoms with van der Waals surface area (Å²) in [6.45, 7) is 0.847. The number of benzene rings is 1. The van der Waals surface area contributed by atoms with Gasteiger partial charge in [0.25, 0.3) is 0 Å². The summed E-state index contributed by atoms with van der Waals surface area (Å²) in [5, 5.41) is 13.3. The van der Waals surface area contributed by atoms with Gasteiger partial charge in [-0.3, -0.25) is 0 Å². The summed E-state index contributed by atoms with van der Waals surface area (Å²) in [6, 6.07) is 7.48. The van der Waals surface area contributed by atoms with Crippen molar-refractivity contribution in [2.45, 2.75) is 25.7 Å². The number of para-hydroxylation sites is 1. The molecule has 1 aromatic carbocycles. The number of carboxylic acids is 1. The van der Waals surface area contributed by atoms with Crippen LogP contribution in [0, 0.1) is 5.92 Å². The van der Waals surface area contributed by atoms with Crippen molar-refractivity contribution in [3.05, 3.63) is 30.1 Å². The Morgan fingerprint density at radius 1 is 1.25 bits per heavy atom. The highest BCUT2D eigenvalue weighted by Crippen LogP contribution is 2.26. The van der Waals surface area contributed by atoms with Gasteiger partial charge >= 0.3 is 5.97 Å². The third-order valence-electron chi connectivity index (χ3n) is 3.83. The third kappa shape index (κ3) is 2.57. The summed E-state index contributed by atoms with van der Waals surface area (Å²) in [5.41, 5.74) is 0.661. The van der Waals surface area contributed by atoms with E-state index < -0.39 is 5.97 Å². The van der Waals surface area contributed by atoms with E-state index >= 15 is 0 Å². The van der Waals surface area contributed by atoms with Crippen LogP contribution in [0.3, 0.4) is 0 Å². The third-order valence-corrected chi connectivity index (χ3v) is 3.83. The van der Waals surface area contributed by atoms with E-state index in [1.807, 2.05) is 24.3 Å². The number of hydrogen-bond acceptors (Lipinski definition) is 4. The Kier molecular flexibility index (Phi) is 3.50. The van der Waals surface area contributed by atoms with Crippen molar-refractivity contribution in [3.8, 4) is 0 Å². The van der Waals surface area contributed by atoms with E-state index in [-0.39, 0.29) is 5.82 Å². The van der Waals surface area contributed by atoms with Crippen LogP contribution < -0.4 is 5.32 Å². The molecule has 5 heteroatoms. The van der Waals surface area contributed by atoms with Gasteiger partial charge in [0.05, 0.1) is 5.52 Å². The zero-order chi connectivity index (χ0) is 13.9. The van der Waals surface area contributed by atoms with Crippen molar-refractivity contribution in [2.24, 2.45) is 5.92 Å². The number of fused-ring (bicyclic) bond motifs is 1. The smallest absolute Gasteiger partial charge is 0.374 e. The van der Waals surface area contributed by atoms with Gasteiger partial charge in [-0.25, -0.2) is 14.8 Å². The molecule has 0 bridgehead atoms. The van der Waals surface area contributed by atoms with Gasteiger partial charge in [-0.05, 0) is 30.9 Å². The van der Waals surface area contributed by atoms with Crippen LogP contribution in [0.15, 0.2) is 24.3 Å². The van der Waals surface area contributed by atoms with E-state index in [2.05, 4.69) is 15.3 Å². The Bertz CT molecular complexity index is 636. The summed E-state index contributed by atoms with van der Waals surface area (Å²) in [6.07, 6.45) is 5.05. The van der Waals surface area contributed by atoms with Crippen LogP contribution in [0.1, 0.15) is 36.3 Å². The van der Waals surface area contributed by atoms with Crippen LogP contribution in [0.25, 0.3) is 10.9 Å². The lowest BCUT2D eigenvalue weighted by molar-refractivity contribution is 0.0684. The van der Waals surface area contributed by atoms with Crippen LogP contribution in [0.2, 0.25) is 0 Å². The predicted molar refractivity (Wildman–Crippen MR) is 76.9 cm³/mol. The number of nitrogens with one attached hydrogen (secondary N) is 1. The molecular weight excluding hydrogens is 254 g/mol. The fourth-order valence-corrected chi connectivity index (χ4v) is 2.76. The molecule has 0 amide bonds. The summed E-state index contributed by atoms with van der Waals surface area (Å²) < 4.78 is 0. The van der Waals surface area contributed by atoms with Crippen molar-refractivity contribution < 1.29 is 9.90 Å². The van der Waals surface area contributed by atoms with Crippen LogP contribution >= 0.6 is 0 Å². The molecule has 1 fully saturated rings. The van der Waals surface area contributed by atoms with E-state index in [0.717, 1.165) is 11.9 Å². The molecule has 2 N–H and O–H groups in total. The fraction of sp³-hybridized carbons (Fsp3) is 0.400. The molecule has 1 aromatic heterocycles. The van der Waals surface area contributed by atoms with Gasteiger partial charge in [0.1, 0.15) is 5.82 Å². The molecule has 1 saturated carbocycles. The molecule has 0 saturated heterocycles. The van der Waals surface area contributed by atoms with E-state index in [1.54, 1.807) is 0 Å². The lowest BCUT2D eigenvalue weighted by Crippen LogP contribution is -2.14. The van der Waals surface area contributed by atoms with Gasteiger partial charge < -0.3 is 10.4 Å². The van der Waals surface area contributed by atoms with Crippen molar-refractivity contribution in [1.82, 2.24) is 9.97 Å². The Hall–Kier alpha value is -2.17. The minimum Gasteiger partial charge on any atom is -0.475 e. The molecule has 1 aliphatic carbocycles. The molecule has 0 radical (unpaired) electrons. The number of rotatable bonds is 4. The van der Waals surface area contributed by atoms with Crippen LogP contribution in [-0.2, 0) is 0 Å². The van der Waals surface area contributed by atoms with E-state index in [1.165, 1.54) is 25.7 Å².